The number of carboxylic acid groups (broad SMARTS) is 1. The minimum atomic E-state index is -3.62. The predicted octanol–water partition coefficient (Wildman–Crippen LogP) is 1.21. The minimum absolute atomic E-state index is 0.0287. The Morgan fingerprint density at radius 1 is 1.60 bits per heavy atom. The number of nitrogens with one attached hydrogen (secondary N) is 1. The first-order valence-corrected chi connectivity index (χ1v) is 8.86. The lowest BCUT2D eigenvalue weighted by Gasteiger charge is -2.22. The molecule has 8 heteroatoms. The van der Waals surface area contributed by atoms with E-state index in [1.165, 1.54) is 11.4 Å². The number of rotatable bonds is 6. The van der Waals surface area contributed by atoms with Gasteiger partial charge in [-0.25, -0.2) is 17.9 Å². The van der Waals surface area contributed by atoms with E-state index in [2.05, 4.69) is 16.5 Å². The molecule has 0 aliphatic carbocycles. The van der Waals surface area contributed by atoms with Crippen LogP contribution in [0.5, 0.6) is 0 Å². The van der Waals surface area contributed by atoms with E-state index in [1.54, 1.807) is 0 Å². The monoisotopic (exact) mass is 318 g/mol. The van der Waals surface area contributed by atoms with Crippen molar-refractivity contribution in [2.45, 2.75) is 30.7 Å². The van der Waals surface area contributed by atoms with Gasteiger partial charge in [-0.2, -0.15) is 0 Å². The number of sulfonamides is 1. The Labute approximate surface area is 122 Å². The van der Waals surface area contributed by atoms with Crippen molar-refractivity contribution in [3.05, 3.63) is 16.3 Å². The Morgan fingerprint density at radius 2 is 2.35 bits per heavy atom. The van der Waals surface area contributed by atoms with Crippen molar-refractivity contribution >= 4 is 27.3 Å². The summed E-state index contributed by atoms with van der Waals surface area (Å²) < 4.78 is 26.8. The number of nitrogens with zero attached hydrogens (tertiary/aromatic N) is 1. The fourth-order valence-corrected chi connectivity index (χ4v) is 4.59. The fraction of sp³-hybridized carbons (Fsp3) is 0.583. The first kappa shape index (κ1) is 15.4. The summed E-state index contributed by atoms with van der Waals surface area (Å²) in [4.78, 5) is 13.1. The first-order valence-electron chi connectivity index (χ1n) is 6.49. The number of thiophene rings is 1. The molecule has 0 bridgehead atoms. The Kier molecular flexibility index (Phi) is 4.79. The molecule has 6 nitrogen and oxygen atoms in total. The van der Waals surface area contributed by atoms with E-state index in [1.807, 2.05) is 0 Å². The van der Waals surface area contributed by atoms with Crippen LogP contribution in [0.25, 0.3) is 0 Å². The van der Waals surface area contributed by atoms with Crippen molar-refractivity contribution in [3.63, 3.8) is 0 Å². The number of likely N-dealkylation sites (tertiary alicyclic amines) is 1. The molecule has 0 saturated carbocycles. The predicted molar refractivity (Wildman–Crippen MR) is 76.7 cm³/mol. The minimum Gasteiger partial charge on any atom is -0.477 e. The molecule has 112 valence electrons. The zero-order chi connectivity index (χ0) is 14.8. The van der Waals surface area contributed by atoms with Crippen LogP contribution in [-0.2, 0) is 10.0 Å². The lowest BCUT2D eigenvalue weighted by Crippen LogP contribution is -2.39. The van der Waals surface area contributed by atoms with Gasteiger partial charge in [0.05, 0.1) is 4.90 Å². The highest BCUT2D eigenvalue weighted by atomic mass is 32.2. The maximum Gasteiger partial charge on any atom is 0.345 e. The standard InChI is InChI=1S/C12H18N2O4S2/c1-2-14-5-3-4-9(14)7-13-20(17,18)10-6-11(12(15)16)19-8-10/h6,8-9,13H,2-5,7H2,1H3,(H,15,16). The molecule has 2 rings (SSSR count). The summed E-state index contributed by atoms with van der Waals surface area (Å²) in [7, 11) is -3.62. The largest absolute Gasteiger partial charge is 0.477 e. The van der Waals surface area contributed by atoms with Gasteiger partial charge in [-0.15, -0.1) is 11.3 Å². The molecular formula is C12H18N2O4S2. The topological polar surface area (TPSA) is 86.7 Å². The van der Waals surface area contributed by atoms with Gasteiger partial charge >= 0.3 is 5.97 Å². The van der Waals surface area contributed by atoms with Gasteiger partial charge in [-0.1, -0.05) is 6.92 Å². The molecule has 1 saturated heterocycles. The van der Waals surface area contributed by atoms with Gasteiger partial charge in [0, 0.05) is 18.0 Å². The molecule has 1 aromatic heterocycles. The van der Waals surface area contributed by atoms with Crippen LogP contribution in [0.1, 0.15) is 29.4 Å². The summed E-state index contributed by atoms with van der Waals surface area (Å²) in [5.41, 5.74) is 0. The van der Waals surface area contributed by atoms with Crippen LogP contribution < -0.4 is 4.72 Å². The van der Waals surface area contributed by atoms with Crippen molar-refractivity contribution in [3.8, 4) is 0 Å². The van der Waals surface area contributed by atoms with Crippen molar-refractivity contribution in [2.24, 2.45) is 0 Å². The lowest BCUT2D eigenvalue weighted by molar-refractivity contribution is 0.0702. The maximum absolute atomic E-state index is 12.1. The molecule has 2 heterocycles. The Hall–Kier alpha value is -0.960. The molecule has 0 aromatic carbocycles. The molecule has 2 N–H and O–H groups in total. The van der Waals surface area contributed by atoms with Crippen molar-refractivity contribution in [1.82, 2.24) is 9.62 Å². The number of carboxylic acids is 1. The zero-order valence-electron chi connectivity index (χ0n) is 11.2. The highest BCUT2D eigenvalue weighted by Crippen LogP contribution is 2.20. The highest BCUT2D eigenvalue weighted by Gasteiger charge is 2.25. The summed E-state index contributed by atoms with van der Waals surface area (Å²) in [5, 5.41) is 10.2. The van der Waals surface area contributed by atoms with Gasteiger partial charge in [-0.3, -0.25) is 4.90 Å². The second-order valence-corrected chi connectivity index (χ2v) is 7.41. The SMILES string of the molecule is CCN1CCCC1CNS(=O)(=O)c1csc(C(=O)O)c1. The summed E-state index contributed by atoms with van der Waals surface area (Å²) in [6.45, 7) is 4.35. The molecule has 0 amide bonds. The van der Waals surface area contributed by atoms with Crippen LogP contribution in [0.4, 0.5) is 0 Å². The molecule has 0 radical (unpaired) electrons. The van der Waals surface area contributed by atoms with Crippen LogP contribution in [0.3, 0.4) is 0 Å². The maximum atomic E-state index is 12.1. The van der Waals surface area contributed by atoms with E-state index in [4.69, 9.17) is 5.11 Å². The molecular weight excluding hydrogens is 300 g/mol. The van der Waals surface area contributed by atoms with E-state index < -0.39 is 16.0 Å². The van der Waals surface area contributed by atoms with Crippen molar-refractivity contribution in [1.29, 1.82) is 0 Å². The molecule has 1 aliphatic rings. The Morgan fingerprint density at radius 3 is 2.95 bits per heavy atom. The van der Waals surface area contributed by atoms with Crippen molar-refractivity contribution < 1.29 is 18.3 Å². The van der Waals surface area contributed by atoms with Crippen LogP contribution in [0.2, 0.25) is 0 Å². The molecule has 1 fully saturated rings. The van der Waals surface area contributed by atoms with Gasteiger partial charge in [0.1, 0.15) is 4.88 Å². The zero-order valence-corrected chi connectivity index (χ0v) is 12.8. The van der Waals surface area contributed by atoms with Crippen molar-refractivity contribution in [2.75, 3.05) is 19.6 Å². The summed E-state index contributed by atoms with van der Waals surface area (Å²) in [5.74, 6) is -1.11. The second-order valence-electron chi connectivity index (χ2n) is 4.73. The van der Waals surface area contributed by atoms with Crippen LogP contribution >= 0.6 is 11.3 Å². The van der Waals surface area contributed by atoms with Gasteiger partial charge < -0.3 is 5.11 Å². The number of hydrogen-bond acceptors (Lipinski definition) is 5. The van der Waals surface area contributed by atoms with E-state index in [0.717, 1.165) is 37.3 Å². The molecule has 1 unspecified atom stereocenters. The van der Waals surface area contributed by atoms with E-state index in [0.29, 0.717) is 6.54 Å². The molecule has 0 spiro atoms. The van der Waals surface area contributed by atoms with E-state index >= 15 is 0 Å². The smallest absolute Gasteiger partial charge is 0.345 e. The Balaban J connectivity index is 2.01. The third-order valence-electron chi connectivity index (χ3n) is 3.51. The number of likely N-dealkylation sites (N-methyl/N-ethyl adjacent to an activating group) is 1. The second kappa shape index (κ2) is 6.21. The number of carbonyl (C=O) groups is 1. The summed E-state index contributed by atoms with van der Waals surface area (Å²) in [6, 6.07) is 1.43. The molecule has 1 aromatic rings. The van der Waals surface area contributed by atoms with Gasteiger partial charge in [0.25, 0.3) is 0 Å². The average Bonchev–Trinajstić information content (AvgIpc) is 3.05. The van der Waals surface area contributed by atoms with Gasteiger partial charge in [-0.05, 0) is 32.0 Å². The lowest BCUT2D eigenvalue weighted by atomic mass is 10.2. The summed E-state index contributed by atoms with van der Waals surface area (Å²) >= 11 is 0.919. The number of hydrogen-bond donors (Lipinski definition) is 2. The third kappa shape index (κ3) is 3.38. The van der Waals surface area contributed by atoms with Crippen LogP contribution in [0, 0.1) is 0 Å². The highest BCUT2D eigenvalue weighted by molar-refractivity contribution is 7.89. The molecule has 20 heavy (non-hydrogen) atoms. The quantitative estimate of drug-likeness (QED) is 0.823. The van der Waals surface area contributed by atoms with Gasteiger partial charge in [0.2, 0.25) is 10.0 Å². The summed E-state index contributed by atoms with van der Waals surface area (Å²) in [6.07, 6.45) is 2.07. The van der Waals surface area contributed by atoms with Crippen LogP contribution in [0.15, 0.2) is 16.3 Å². The first-order chi connectivity index (χ1) is 9.44. The third-order valence-corrected chi connectivity index (χ3v) is 5.98. The molecule has 1 aliphatic heterocycles. The average molecular weight is 318 g/mol. The fourth-order valence-electron chi connectivity index (χ4n) is 2.40. The normalized spacial score (nSPS) is 20.4. The van der Waals surface area contributed by atoms with E-state index in [-0.39, 0.29) is 15.8 Å². The molecule has 1 atom stereocenters. The van der Waals surface area contributed by atoms with Crippen LogP contribution in [-0.4, -0.2) is 50.1 Å². The number of aromatic carboxylic acids is 1. The van der Waals surface area contributed by atoms with Gasteiger partial charge in [0.15, 0.2) is 0 Å². The van der Waals surface area contributed by atoms with E-state index in [9.17, 15) is 13.2 Å². The Bertz CT molecular complexity index is 582.